The Morgan fingerprint density at radius 1 is 1.21 bits per heavy atom. The van der Waals surface area contributed by atoms with Gasteiger partial charge in [0.05, 0.1) is 27.6 Å². The van der Waals surface area contributed by atoms with Crippen molar-refractivity contribution in [1.29, 1.82) is 5.26 Å². The zero-order valence-electron chi connectivity index (χ0n) is 15.8. The number of nitrogens with one attached hydrogen (secondary N) is 1. The number of carbonyl (C=O) groups is 2. The number of carbonyl (C=O) groups excluding carboxylic acids is 2. The van der Waals surface area contributed by atoms with Crippen LogP contribution in [0.1, 0.15) is 25.0 Å². The average Bonchev–Trinajstić information content (AvgIpc) is 2.67. The number of amides is 1. The standard InChI is InChI=1S/C21H18ClFN4O2/c1-12(25)19(13(2)27-17-8-5-15(10-24)18(22)9-17)20(28)21(29)26-11-14-3-6-16(23)7-4-14/h3-9H,11,25H2,1-2H3,(H,26,29). The first-order chi connectivity index (χ1) is 13.7. The number of Topliss-reactive ketones (excluding diaryl/α,β-unsaturated/α-hetero) is 1. The second kappa shape index (κ2) is 9.62. The van der Waals surface area contributed by atoms with Gasteiger partial charge in [-0.15, -0.1) is 0 Å². The van der Waals surface area contributed by atoms with Crippen LogP contribution in [0.15, 0.2) is 58.7 Å². The number of ketones is 1. The van der Waals surface area contributed by atoms with E-state index in [4.69, 9.17) is 22.6 Å². The summed E-state index contributed by atoms with van der Waals surface area (Å²) in [7, 11) is 0. The van der Waals surface area contributed by atoms with Gasteiger partial charge in [0, 0.05) is 12.2 Å². The van der Waals surface area contributed by atoms with Crippen molar-refractivity contribution in [2.24, 2.45) is 10.7 Å². The van der Waals surface area contributed by atoms with E-state index in [-0.39, 0.29) is 28.5 Å². The van der Waals surface area contributed by atoms with E-state index < -0.39 is 17.5 Å². The molecule has 0 radical (unpaired) electrons. The number of nitriles is 1. The predicted molar refractivity (Wildman–Crippen MR) is 109 cm³/mol. The van der Waals surface area contributed by atoms with Gasteiger partial charge in [-0.05, 0) is 49.7 Å². The van der Waals surface area contributed by atoms with Crippen molar-refractivity contribution in [2.75, 3.05) is 0 Å². The molecule has 29 heavy (non-hydrogen) atoms. The summed E-state index contributed by atoms with van der Waals surface area (Å²) in [5, 5.41) is 11.6. The third-order valence-corrected chi connectivity index (χ3v) is 4.24. The number of aliphatic imine (C=N–C) groups is 1. The molecule has 2 aromatic carbocycles. The molecule has 2 rings (SSSR count). The van der Waals surface area contributed by atoms with Crippen molar-refractivity contribution >= 4 is 34.7 Å². The van der Waals surface area contributed by atoms with Crippen LogP contribution in [0.2, 0.25) is 5.02 Å². The van der Waals surface area contributed by atoms with Crippen molar-refractivity contribution in [2.45, 2.75) is 20.4 Å². The maximum absolute atomic E-state index is 12.9. The fourth-order valence-electron chi connectivity index (χ4n) is 2.52. The zero-order chi connectivity index (χ0) is 21.6. The summed E-state index contributed by atoms with van der Waals surface area (Å²) >= 11 is 5.99. The van der Waals surface area contributed by atoms with Crippen molar-refractivity contribution in [1.82, 2.24) is 5.32 Å². The Labute approximate surface area is 172 Å². The molecule has 0 fully saturated rings. The Bertz CT molecular complexity index is 1050. The molecule has 0 bridgehead atoms. The topological polar surface area (TPSA) is 108 Å². The predicted octanol–water partition coefficient (Wildman–Crippen LogP) is 3.56. The van der Waals surface area contributed by atoms with Gasteiger partial charge in [-0.2, -0.15) is 5.26 Å². The molecule has 0 saturated heterocycles. The first kappa shape index (κ1) is 21.8. The summed E-state index contributed by atoms with van der Waals surface area (Å²) in [4.78, 5) is 29.2. The molecule has 0 unspecified atom stereocenters. The number of rotatable bonds is 6. The molecule has 0 aliphatic carbocycles. The quantitative estimate of drug-likeness (QED) is 0.429. The van der Waals surface area contributed by atoms with E-state index in [1.165, 1.54) is 43.3 Å². The summed E-state index contributed by atoms with van der Waals surface area (Å²) in [6.07, 6.45) is 0. The number of nitrogens with two attached hydrogens (primary N) is 1. The second-order valence-corrected chi connectivity index (χ2v) is 6.58. The number of nitrogens with zero attached hydrogens (tertiary/aromatic N) is 2. The van der Waals surface area contributed by atoms with Crippen LogP contribution in [-0.2, 0) is 16.1 Å². The monoisotopic (exact) mass is 412 g/mol. The van der Waals surface area contributed by atoms with Gasteiger partial charge in [-0.1, -0.05) is 23.7 Å². The Morgan fingerprint density at radius 3 is 2.41 bits per heavy atom. The van der Waals surface area contributed by atoms with Crippen LogP contribution < -0.4 is 11.1 Å². The molecule has 0 atom stereocenters. The van der Waals surface area contributed by atoms with Gasteiger partial charge in [-0.25, -0.2) is 4.39 Å². The van der Waals surface area contributed by atoms with Crippen LogP contribution in [0.4, 0.5) is 10.1 Å². The van der Waals surface area contributed by atoms with E-state index >= 15 is 0 Å². The molecule has 148 valence electrons. The highest BCUT2D eigenvalue weighted by Gasteiger charge is 2.23. The number of hydrogen-bond donors (Lipinski definition) is 2. The van der Waals surface area contributed by atoms with E-state index in [2.05, 4.69) is 10.3 Å². The molecule has 0 aromatic heterocycles. The maximum Gasteiger partial charge on any atom is 0.292 e. The third kappa shape index (κ3) is 5.74. The highest BCUT2D eigenvalue weighted by atomic mass is 35.5. The lowest BCUT2D eigenvalue weighted by Gasteiger charge is -2.10. The summed E-state index contributed by atoms with van der Waals surface area (Å²) in [5.74, 6) is -2.09. The van der Waals surface area contributed by atoms with Crippen molar-refractivity contribution < 1.29 is 14.0 Å². The molecule has 8 heteroatoms. The van der Waals surface area contributed by atoms with Gasteiger partial charge >= 0.3 is 0 Å². The molecule has 0 aliphatic rings. The molecule has 0 heterocycles. The Hall–Kier alpha value is -3.50. The van der Waals surface area contributed by atoms with Gasteiger partial charge in [-0.3, -0.25) is 14.6 Å². The molecular weight excluding hydrogens is 395 g/mol. The summed E-state index contributed by atoms with van der Waals surface area (Å²) in [6, 6.07) is 12.0. The smallest absolute Gasteiger partial charge is 0.292 e. The van der Waals surface area contributed by atoms with E-state index in [1.54, 1.807) is 13.0 Å². The first-order valence-corrected chi connectivity index (χ1v) is 8.89. The molecule has 0 spiro atoms. The average molecular weight is 413 g/mol. The lowest BCUT2D eigenvalue weighted by molar-refractivity contribution is -0.135. The number of benzene rings is 2. The molecule has 0 aliphatic heterocycles. The Morgan fingerprint density at radius 2 is 1.86 bits per heavy atom. The van der Waals surface area contributed by atoms with Crippen LogP contribution in [0, 0.1) is 17.1 Å². The van der Waals surface area contributed by atoms with E-state index in [0.29, 0.717) is 16.8 Å². The minimum Gasteiger partial charge on any atom is -0.402 e. The van der Waals surface area contributed by atoms with E-state index in [1.807, 2.05) is 6.07 Å². The molecule has 2 aromatic rings. The van der Waals surface area contributed by atoms with Crippen LogP contribution in [0.25, 0.3) is 0 Å². The summed E-state index contributed by atoms with van der Waals surface area (Å²) in [5.41, 5.74) is 7.50. The Kier molecular flexibility index (Phi) is 7.23. The Balaban J connectivity index is 2.19. The van der Waals surface area contributed by atoms with Gasteiger partial charge in [0.1, 0.15) is 11.9 Å². The van der Waals surface area contributed by atoms with Gasteiger partial charge in [0.15, 0.2) is 0 Å². The van der Waals surface area contributed by atoms with Crippen LogP contribution in [0.5, 0.6) is 0 Å². The minimum atomic E-state index is -0.860. The van der Waals surface area contributed by atoms with Gasteiger partial charge < -0.3 is 11.1 Å². The third-order valence-electron chi connectivity index (χ3n) is 3.93. The first-order valence-electron chi connectivity index (χ1n) is 8.51. The fraction of sp³-hybridized carbons (Fsp3) is 0.143. The van der Waals surface area contributed by atoms with Crippen molar-refractivity contribution in [3.8, 4) is 6.07 Å². The molecule has 0 saturated carbocycles. The normalized spacial score (nSPS) is 12.0. The molecule has 1 amide bonds. The summed E-state index contributed by atoms with van der Waals surface area (Å²) in [6.45, 7) is 3.09. The second-order valence-electron chi connectivity index (χ2n) is 6.17. The number of allylic oxidation sites excluding steroid dienone is 1. The lowest BCUT2D eigenvalue weighted by atomic mass is 10.0. The van der Waals surface area contributed by atoms with Crippen molar-refractivity contribution in [3.05, 3.63) is 75.7 Å². The van der Waals surface area contributed by atoms with Crippen LogP contribution in [0.3, 0.4) is 0 Å². The maximum atomic E-state index is 12.9. The SMILES string of the molecule is CC(=Nc1ccc(C#N)c(Cl)c1)C(C(=O)C(=O)NCc1ccc(F)cc1)=C(C)N. The minimum absolute atomic E-state index is 0.0258. The van der Waals surface area contributed by atoms with Crippen LogP contribution in [-0.4, -0.2) is 17.4 Å². The van der Waals surface area contributed by atoms with Crippen LogP contribution >= 0.6 is 11.6 Å². The van der Waals surface area contributed by atoms with Gasteiger partial charge in [0.25, 0.3) is 11.7 Å². The molecule has 3 N–H and O–H groups in total. The number of halogens is 2. The zero-order valence-corrected chi connectivity index (χ0v) is 16.5. The molecule has 6 nitrogen and oxygen atoms in total. The largest absolute Gasteiger partial charge is 0.402 e. The highest BCUT2D eigenvalue weighted by molar-refractivity contribution is 6.49. The summed E-state index contributed by atoms with van der Waals surface area (Å²) < 4.78 is 12.9. The van der Waals surface area contributed by atoms with E-state index in [9.17, 15) is 14.0 Å². The van der Waals surface area contributed by atoms with Gasteiger partial charge in [0.2, 0.25) is 0 Å². The molecular formula is C21H18ClFN4O2. The fourth-order valence-corrected chi connectivity index (χ4v) is 2.74. The lowest BCUT2D eigenvalue weighted by Crippen LogP contribution is -2.34. The highest BCUT2D eigenvalue weighted by Crippen LogP contribution is 2.23. The number of hydrogen-bond acceptors (Lipinski definition) is 5. The van der Waals surface area contributed by atoms with E-state index in [0.717, 1.165) is 0 Å². The van der Waals surface area contributed by atoms with Crippen molar-refractivity contribution in [3.63, 3.8) is 0 Å².